The average molecular weight is 435 g/mol. The summed E-state index contributed by atoms with van der Waals surface area (Å²) in [7, 11) is 0. The highest BCUT2D eigenvalue weighted by atomic mass is 32.1. The molecule has 0 aliphatic carbocycles. The number of benzene rings is 2. The Morgan fingerprint density at radius 2 is 1.53 bits per heavy atom. The van der Waals surface area contributed by atoms with Crippen molar-refractivity contribution in [2.75, 3.05) is 16.4 Å². The topological polar surface area (TPSA) is 49.9 Å². The molecule has 0 saturated carbocycles. The second kappa shape index (κ2) is 8.61. The lowest BCUT2D eigenvalue weighted by atomic mass is 10.1. The van der Waals surface area contributed by atoms with Gasteiger partial charge in [-0.1, -0.05) is 24.3 Å². The first kappa shape index (κ1) is 20.0. The average Bonchev–Trinajstić information content (AvgIpc) is 3.27. The van der Waals surface area contributed by atoms with Crippen LogP contribution in [0.1, 0.15) is 11.8 Å². The lowest BCUT2D eigenvalue weighted by Crippen LogP contribution is -2.56. The first-order valence-electron chi connectivity index (χ1n) is 9.36. The monoisotopic (exact) mass is 434 g/mol. The van der Waals surface area contributed by atoms with Crippen molar-refractivity contribution in [1.82, 2.24) is 0 Å². The Morgan fingerprint density at radius 1 is 0.900 bits per heavy atom. The van der Waals surface area contributed by atoms with Crippen molar-refractivity contribution in [1.29, 1.82) is 0 Å². The van der Waals surface area contributed by atoms with Crippen molar-refractivity contribution in [2.24, 2.45) is 0 Å². The summed E-state index contributed by atoms with van der Waals surface area (Å²) in [5, 5.41) is 2.01. The van der Waals surface area contributed by atoms with Crippen LogP contribution in [0.3, 0.4) is 0 Å². The third kappa shape index (κ3) is 3.77. The summed E-state index contributed by atoms with van der Waals surface area (Å²) >= 11 is 7.06. The van der Waals surface area contributed by atoms with E-state index in [-0.39, 0.29) is 10.7 Å². The molecule has 1 aromatic heterocycles. The quantitative estimate of drug-likeness (QED) is 0.326. The van der Waals surface area contributed by atoms with Gasteiger partial charge in [0, 0.05) is 4.88 Å². The normalized spacial score (nSPS) is 15.8. The molecule has 1 aliphatic rings. The van der Waals surface area contributed by atoms with Gasteiger partial charge in [-0.25, -0.2) is 0 Å². The minimum absolute atomic E-state index is 0.0591. The second-order valence-corrected chi connectivity index (χ2v) is 7.74. The van der Waals surface area contributed by atoms with Crippen LogP contribution in [0.5, 0.6) is 5.75 Å². The van der Waals surface area contributed by atoms with Crippen molar-refractivity contribution in [3.05, 3.63) is 82.6 Å². The van der Waals surface area contributed by atoms with Gasteiger partial charge in [0.05, 0.1) is 18.0 Å². The summed E-state index contributed by atoms with van der Waals surface area (Å²) in [4.78, 5) is 30.3. The summed E-state index contributed by atoms with van der Waals surface area (Å²) in [6.07, 6.45) is 1.62. The van der Waals surface area contributed by atoms with Gasteiger partial charge in [0.2, 0.25) is 0 Å². The number of carbonyl (C=O) groups excluding carboxylic acids is 2. The molecular formula is C23H18N2O3S2. The molecule has 4 rings (SSSR count). The summed E-state index contributed by atoms with van der Waals surface area (Å²) in [6, 6.07) is 19.9. The van der Waals surface area contributed by atoms with Crippen LogP contribution in [-0.2, 0) is 9.59 Å². The molecule has 0 radical (unpaired) electrons. The van der Waals surface area contributed by atoms with E-state index in [4.69, 9.17) is 17.0 Å². The standard InChI is InChI=1S/C23H18N2O3S2/c1-2-28-18-12-10-17(11-13-18)25-22(27)20(15-19-9-6-14-30-19)21(26)24(23(25)29)16-7-4-3-5-8-16/h3-15H,2H2,1H3. The fourth-order valence-electron chi connectivity index (χ4n) is 3.14. The first-order valence-corrected chi connectivity index (χ1v) is 10.6. The van der Waals surface area contributed by atoms with E-state index >= 15 is 0 Å². The van der Waals surface area contributed by atoms with Gasteiger partial charge in [0.15, 0.2) is 5.11 Å². The number of thiophene rings is 1. The molecule has 2 aromatic carbocycles. The van der Waals surface area contributed by atoms with E-state index in [1.165, 1.54) is 21.1 Å². The molecule has 2 heterocycles. The number of amides is 2. The fourth-order valence-corrected chi connectivity index (χ4v) is 4.17. The zero-order valence-corrected chi connectivity index (χ0v) is 17.8. The summed E-state index contributed by atoms with van der Waals surface area (Å²) in [5.74, 6) is -0.191. The third-order valence-electron chi connectivity index (χ3n) is 4.50. The van der Waals surface area contributed by atoms with Crippen LogP contribution in [-0.4, -0.2) is 23.5 Å². The molecule has 0 N–H and O–H groups in total. The Balaban J connectivity index is 1.81. The first-order chi connectivity index (χ1) is 14.6. The summed E-state index contributed by atoms with van der Waals surface area (Å²) in [6.45, 7) is 2.45. The van der Waals surface area contributed by atoms with Crippen molar-refractivity contribution < 1.29 is 14.3 Å². The summed E-state index contributed by atoms with van der Waals surface area (Å²) < 4.78 is 5.49. The zero-order valence-electron chi connectivity index (χ0n) is 16.1. The number of para-hydroxylation sites is 1. The van der Waals surface area contributed by atoms with E-state index in [1.807, 2.05) is 42.6 Å². The van der Waals surface area contributed by atoms with E-state index in [0.717, 1.165) is 4.88 Å². The SMILES string of the molecule is CCOc1ccc(N2C(=O)C(=Cc3cccs3)C(=O)N(c3ccccc3)C2=S)cc1. The maximum atomic E-state index is 13.4. The summed E-state index contributed by atoms with van der Waals surface area (Å²) in [5.41, 5.74) is 1.23. The maximum absolute atomic E-state index is 13.4. The fraction of sp³-hybridized carbons (Fsp3) is 0.0870. The highest BCUT2D eigenvalue weighted by Gasteiger charge is 2.41. The van der Waals surface area contributed by atoms with Crippen LogP contribution in [0.2, 0.25) is 0 Å². The van der Waals surface area contributed by atoms with Gasteiger partial charge in [-0.3, -0.25) is 19.4 Å². The molecule has 1 aliphatic heterocycles. The van der Waals surface area contributed by atoms with Gasteiger partial charge >= 0.3 is 0 Å². The third-order valence-corrected chi connectivity index (χ3v) is 5.68. The second-order valence-electron chi connectivity index (χ2n) is 6.40. The van der Waals surface area contributed by atoms with Crippen LogP contribution in [0.25, 0.3) is 6.08 Å². The number of rotatable bonds is 5. The molecule has 150 valence electrons. The van der Waals surface area contributed by atoms with E-state index in [1.54, 1.807) is 42.5 Å². The van der Waals surface area contributed by atoms with Gasteiger partial charge < -0.3 is 4.74 Å². The number of ether oxygens (including phenoxy) is 1. The van der Waals surface area contributed by atoms with Gasteiger partial charge in [-0.2, -0.15) is 0 Å². The van der Waals surface area contributed by atoms with Crippen LogP contribution in [0.4, 0.5) is 11.4 Å². The number of anilines is 2. The highest BCUT2D eigenvalue weighted by molar-refractivity contribution is 7.81. The molecular weight excluding hydrogens is 416 g/mol. The maximum Gasteiger partial charge on any atom is 0.270 e. The van der Waals surface area contributed by atoms with E-state index in [2.05, 4.69) is 0 Å². The molecule has 0 atom stereocenters. The molecule has 0 spiro atoms. The predicted octanol–water partition coefficient (Wildman–Crippen LogP) is 4.90. The molecule has 1 fully saturated rings. The molecule has 0 bridgehead atoms. The Hall–Kier alpha value is -3.29. The highest BCUT2D eigenvalue weighted by Crippen LogP contribution is 2.31. The minimum Gasteiger partial charge on any atom is -0.494 e. The van der Waals surface area contributed by atoms with Gasteiger partial charge in [-0.05, 0) is 73.1 Å². The lowest BCUT2D eigenvalue weighted by Gasteiger charge is -2.36. The minimum atomic E-state index is -0.449. The molecule has 2 amide bonds. The number of carbonyl (C=O) groups is 2. The van der Waals surface area contributed by atoms with Crippen molar-refractivity contribution in [2.45, 2.75) is 6.92 Å². The number of nitrogens with zero attached hydrogens (tertiary/aromatic N) is 2. The smallest absolute Gasteiger partial charge is 0.270 e. The van der Waals surface area contributed by atoms with Crippen molar-refractivity contribution >= 4 is 57.9 Å². The van der Waals surface area contributed by atoms with Gasteiger partial charge in [-0.15, -0.1) is 11.3 Å². The van der Waals surface area contributed by atoms with E-state index in [0.29, 0.717) is 23.7 Å². The number of thiocarbonyl (C=S) groups is 1. The molecule has 30 heavy (non-hydrogen) atoms. The van der Waals surface area contributed by atoms with Gasteiger partial charge in [0.1, 0.15) is 11.3 Å². The zero-order chi connectivity index (χ0) is 21.1. The molecule has 0 unspecified atom stereocenters. The van der Waals surface area contributed by atoms with Crippen molar-refractivity contribution in [3.8, 4) is 5.75 Å². The Kier molecular flexibility index (Phi) is 5.74. The Bertz CT molecular complexity index is 1110. The van der Waals surface area contributed by atoms with Crippen molar-refractivity contribution in [3.63, 3.8) is 0 Å². The Morgan fingerprint density at radius 3 is 2.10 bits per heavy atom. The largest absolute Gasteiger partial charge is 0.494 e. The molecule has 5 nitrogen and oxygen atoms in total. The number of hydrogen-bond donors (Lipinski definition) is 0. The molecule has 3 aromatic rings. The van der Waals surface area contributed by atoms with E-state index in [9.17, 15) is 9.59 Å². The van der Waals surface area contributed by atoms with Crippen LogP contribution in [0.15, 0.2) is 77.7 Å². The predicted molar refractivity (Wildman–Crippen MR) is 124 cm³/mol. The molecule has 1 saturated heterocycles. The van der Waals surface area contributed by atoms with Crippen LogP contribution in [0, 0.1) is 0 Å². The van der Waals surface area contributed by atoms with E-state index < -0.39 is 11.8 Å². The molecule has 7 heteroatoms. The van der Waals surface area contributed by atoms with Crippen LogP contribution < -0.4 is 14.5 Å². The lowest BCUT2D eigenvalue weighted by molar-refractivity contribution is -0.120. The Labute approximate surface area is 183 Å². The van der Waals surface area contributed by atoms with Gasteiger partial charge in [0.25, 0.3) is 11.8 Å². The van der Waals surface area contributed by atoms with Crippen LogP contribution >= 0.6 is 23.6 Å². The number of hydrogen-bond acceptors (Lipinski definition) is 5.